The van der Waals surface area contributed by atoms with E-state index < -0.39 is 0 Å². The Kier molecular flexibility index (Phi) is 2.76. The molecule has 0 bridgehead atoms. The molecular weight excluding hydrogens is 253 g/mol. The van der Waals surface area contributed by atoms with Crippen molar-refractivity contribution in [3.8, 4) is 0 Å². The van der Waals surface area contributed by atoms with Crippen LogP contribution in [0.5, 0.6) is 0 Å². The van der Waals surface area contributed by atoms with Crippen LogP contribution in [0, 0.1) is 11.7 Å². The zero-order valence-corrected chi connectivity index (χ0v) is 10.4. The van der Waals surface area contributed by atoms with Gasteiger partial charge in [-0.15, -0.1) is 0 Å². The number of aromatic nitrogens is 1. The monoisotopic (exact) mass is 265 g/mol. The van der Waals surface area contributed by atoms with E-state index in [9.17, 15) is 9.18 Å². The van der Waals surface area contributed by atoms with Crippen LogP contribution < -0.4 is 10.6 Å². The maximum Gasteiger partial charge on any atom is 0.229 e. The largest absolute Gasteiger partial charge is 0.330 e. The Morgan fingerprint density at radius 3 is 3.11 bits per heavy atom. The average molecular weight is 265 g/mol. The van der Waals surface area contributed by atoms with E-state index in [0.717, 1.165) is 10.2 Å². The van der Waals surface area contributed by atoms with Gasteiger partial charge in [-0.2, -0.15) is 0 Å². The topological polar surface area (TPSA) is 59.2 Å². The number of anilines is 1. The molecule has 1 aliphatic rings. The number of carbonyl (C=O) groups excluding carboxylic acids is 1. The van der Waals surface area contributed by atoms with Gasteiger partial charge in [0.1, 0.15) is 5.82 Å². The first-order chi connectivity index (χ1) is 8.67. The molecular formula is C12H12FN3OS. The normalized spacial score (nSPS) is 20.0. The van der Waals surface area contributed by atoms with Gasteiger partial charge in [-0.3, -0.25) is 9.69 Å². The quantitative estimate of drug-likeness (QED) is 0.900. The number of thiazole rings is 1. The molecule has 4 nitrogen and oxygen atoms in total. The van der Waals surface area contributed by atoms with E-state index in [4.69, 9.17) is 5.73 Å². The fourth-order valence-corrected chi connectivity index (χ4v) is 3.14. The molecule has 2 aromatic rings. The van der Waals surface area contributed by atoms with E-state index in [0.29, 0.717) is 24.6 Å². The summed E-state index contributed by atoms with van der Waals surface area (Å²) in [7, 11) is 0. The number of amides is 1. The highest BCUT2D eigenvalue weighted by Crippen LogP contribution is 2.32. The van der Waals surface area contributed by atoms with E-state index in [1.54, 1.807) is 11.0 Å². The maximum atomic E-state index is 13.1. The molecule has 1 amide bonds. The summed E-state index contributed by atoms with van der Waals surface area (Å²) in [5.74, 6) is -0.0449. The number of halogens is 1. The van der Waals surface area contributed by atoms with Crippen LogP contribution in [-0.4, -0.2) is 24.0 Å². The third-order valence-corrected chi connectivity index (χ3v) is 4.15. The Hall–Kier alpha value is -1.53. The number of hydrogen-bond donors (Lipinski definition) is 1. The van der Waals surface area contributed by atoms with Gasteiger partial charge < -0.3 is 5.73 Å². The molecule has 94 valence electrons. The number of carbonyl (C=O) groups is 1. The fourth-order valence-electron chi connectivity index (χ4n) is 2.13. The molecule has 1 unspecified atom stereocenters. The van der Waals surface area contributed by atoms with Gasteiger partial charge in [0.15, 0.2) is 5.13 Å². The van der Waals surface area contributed by atoms with Crippen molar-refractivity contribution in [1.82, 2.24) is 4.98 Å². The summed E-state index contributed by atoms with van der Waals surface area (Å²) in [6.07, 6.45) is 0.473. The van der Waals surface area contributed by atoms with Crippen molar-refractivity contribution in [2.75, 3.05) is 18.0 Å². The molecule has 1 atom stereocenters. The SMILES string of the molecule is NCC1CC(=O)N(c2nc3ccc(F)cc3s2)C1. The van der Waals surface area contributed by atoms with Crippen molar-refractivity contribution >= 4 is 32.6 Å². The van der Waals surface area contributed by atoms with Crippen molar-refractivity contribution < 1.29 is 9.18 Å². The minimum Gasteiger partial charge on any atom is -0.330 e. The van der Waals surface area contributed by atoms with Crippen LogP contribution >= 0.6 is 11.3 Å². The van der Waals surface area contributed by atoms with Crippen molar-refractivity contribution in [1.29, 1.82) is 0 Å². The minimum absolute atomic E-state index is 0.0463. The third kappa shape index (κ3) is 1.87. The maximum absolute atomic E-state index is 13.1. The molecule has 1 aliphatic heterocycles. The zero-order valence-electron chi connectivity index (χ0n) is 9.60. The molecule has 0 saturated carbocycles. The van der Waals surface area contributed by atoms with E-state index in [1.165, 1.54) is 23.5 Å². The standard InChI is InChI=1S/C12H12FN3OS/c13-8-1-2-9-10(4-8)18-12(15-9)16-6-7(5-14)3-11(16)17/h1-2,4,7H,3,5-6,14H2. The highest BCUT2D eigenvalue weighted by atomic mass is 32.1. The van der Waals surface area contributed by atoms with E-state index >= 15 is 0 Å². The van der Waals surface area contributed by atoms with Gasteiger partial charge in [0.25, 0.3) is 0 Å². The van der Waals surface area contributed by atoms with Gasteiger partial charge in [-0.1, -0.05) is 11.3 Å². The van der Waals surface area contributed by atoms with Crippen LogP contribution in [0.3, 0.4) is 0 Å². The second-order valence-corrected chi connectivity index (χ2v) is 5.43. The molecule has 3 rings (SSSR count). The first-order valence-electron chi connectivity index (χ1n) is 5.74. The lowest BCUT2D eigenvalue weighted by Gasteiger charge is -2.11. The predicted octanol–water partition coefficient (Wildman–Crippen LogP) is 1.75. The number of rotatable bonds is 2. The lowest BCUT2D eigenvalue weighted by Crippen LogP contribution is -2.25. The molecule has 1 aromatic heterocycles. The molecule has 0 aliphatic carbocycles. The zero-order chi connectivity index (χ0) is 12.7. The van der Waals surface area contributed by atoms with Gasteiger partial charge in [0.05, 0.1) is 10.2 Å². The highest BCUT2D eigenvalue weighted by molar-refractivity contribution is 7.22. The number of fused-ring (bicyclic) bond motifs is 1. The van der Waals surface area contributed by atoms with Crippen LogP contribution in [-0.2, 0) is 4.79 Å². The Morgan fingerprint density at radius 1 is 1.56 bits per heavy atom. The summed E-state index contributed by atoms with van der Waals surface area (Å²) in [4.78, 5) is 17.9. The van der Waals surface area contributed by atoms with E-state index in [1.807, 2.05) is 0 Å². The lowest BCUT2D eigenvalue weighted by atomic mass is 10.1. The Labute approximate surface area is 107 Å². The lowest BCUT2D eigenvalue weighted by molar-refractivity contribution is -0.117. The van der Waals surface area contributed by atoms with Crippen molar-refractivity contribution in [2.24, 2.45) is 11.7 Å². The summed E-state index contributed by atoms with van der Waals surface area (Å²) in [6.45, 7) is 1.11. The van der Waals surface area contributed by atoms with Crippen molar-refractivity contribution in [2.45, 2.75) is 6.42 Å². The number of hydrogen-bond acceptors (Lipinski definition) is 4. The van der Waals surface area contributed by atoms with Crippen LogP contribution in [0.1, 0.15) is 6.42 Å². The third-order valence-electron chi connectivity index (χ3n) is 3.11. The van der Waals surface area contributed by atoms with Crippen LogP contribution in [0.2, 0.25) is 0 Å². The molecule has 2 N–H and O–H groups in total. The molecule has 2 heterocycles. The van der Waals surface area contributed by atoms with Crippen LogP contribution in [0.15, 0.2) is 18.2 Å². The summed E-state index contributed by atoms with van der Waals surface area (Å²) in [5.41, 5.74) is 6.31. The molecule has 6 heteroatoms. The Balaban J connectivity index is 1.97. The molecule has 0 spiro atoms. The summed E-state index contributed by atoms with van der Waals surface area (Å²) < 4.78 is 13.9. The minimum atomic E-state index is -0.287. The number of nitrogens with two attached hydrogens (primary N) is 1. The Bertz CT molecular complexity index is 612. The molecule has 0 radical (unpaired) electrons. The van der Waals surface area contributed by atoms with Crippen molar-refractivity contribution in [3.63, 3.8) is 0 Å². The molecule has 1 saturated heterocycles. The first kappa shape index (κ1) is 11.6. The smallest absolute Gasteiger partial charge is 0.229 e. The highest BCUT2D eigenvalue weighted by Gasteiger charge is 2.31. The molecule has 1 aromatic carbocycles. The Morgan fingerprint density at radius 2 is 2.39 bits per heavy atom. The summed E-state index contributed by atoms with van der Waals surface area (Å²) in [6, 6.07) is 4.45. The van der Waals surface area contributed by atoms with Crippen molar-refractivity contribution in [3.05, 3.63) is 24.0 Å². The number of nitrogens with zero attached hydrogens (tertiary/aromatic N) is 2. The van der Waals surface area contributed by atoms with Crippen LogP contribution in [0.4, 0.5) is 9.52 Å². The summed E-state index contributed by atoms with van der Waals surface area (Å²) in [5, 5.41) is 0.636. The van der Waals surface area contributed by atoms with Gasteiger partial charge in [0.2, 0.25) is 5.91 Å². The van der Waals surface area contributed by atoms with Gasteiger partial charge in [0, 0.05) is 13.0 Å². The van der Waals surface area contributed by atoms with E-state index in [-0.39, 0.29) is 17.6 Å². The first-order valence-corrected chi connectivity index (χ1v) is 6.55. The summed E-state index contributed by atoms with van der Waals surface area (Å²) >= 11 is 1.34. The number of benzene rings is 1. The molecule has 18 heavy (non-hydrogen) atoms. The predicted molar refractivity (Wildman–Crippen MR) is 69.1 cm³/mol. The van der Waals surface area contributed by atoms with E-state index in [2.05, 4.69) is 4.98 Å². The molecule has 1 fully saturated rings. The second kappa shape index (κ2) is 4.29. The fraction of sp³-hybridized carbons (Fsp3) is 0.333. The average Bonchev–Trinajstić information content (AvgIpc) is 2.91. The van der Waals surface area contributed by atoms with Gasteiger partial charge in [-0.05, 0) is 30.7 Å². The van der Waals surface area contributed by atoms with Gasteiger partial charge >= 0.3 is 0 Å². The van der Waals surface area contributed by atoms with Crippen LogP contribution in [0.25, 0.3) is 10.2 Å². The van der Waals surface area contributed by atoms with Gasteiger partial charge in [-0.25, -0.2) is 9.37 Å². The second-order valence-electron chi connectivity index (χ2n) is 4.42.